The van der Waals surface area contributed by atoms with Gasteiger partial charge in [-0.3, -0.25) is 9.78 Å². The van der Waals surface area contributed by atoms with E-state index in [0.717, 1.165) is 23.9 Å². The number of fused-ring (bicyclic) bond motifs is 1. The van der Waals surface area contributed by atoms with Gasteiger partial charge in [0.2, 0.25) is 5.91 Å². The average molecular weight is 351 g/mol. The zero-order valence-electron chi connectivity index (χ0n) is 14.4. The molecule has 134 valence electrons. The molecule has 26 heavy (non-hydrogen) atoms. The predicted molar refractivity (Wildman–Crippen MR) is 96.0 cm³/mol. The SMILES string of the molecule is O=C(Cn1nc2ccccc2n1)N1CCC(C(O)c2ccccn2)CC1. The van der Waals surface area contributed by atoms with Gasteiger partial charge in [0.15, 0.2) is 0 Å². The largest absolute Gasteiger partial charge is 0.387 e. The molecule has 0 spiro atoms. The van der Waals surface area contributed by atoms with Gasteiger partial charge in [0.1, 0.15) is 17.6 Å². The zero-order valence-corrected chi connectivity index (χ0v) is 14.4. The predicted octanol–water partition coefficient (Wildman–Crippen LogP) is 1.80. The lowest BCUT2D eigenvalue weighted by Crippen LogP contribution is -2.41. The highest BCUT2D eigenvalue weighted by molar-refractivity contribution is 5.77. The van der Waals surface area contributed by atoms with E-state index in [4.69, 9.17) is 0 Å². The minimum Gasteiger partial charge on any atom is -0.387 e. The van der Waals surface area contributed by atoms with Crippen LogP contribution in [0.25, 0.3) is 11.0 Å². The molecule has 1 fully saturated rings. The molecular formula is C19H21N5O2. The zero-order chi connectivity index (χ0) is 17.9. The number of benzene rings is 1. The van der Waals surface area contributed by atoms with Gasteiger partial charge in [0.25, 0.3) is 0 Å². The van der Waals surface area contributed by atoms with Gasteiger partial charge in [-0.15, -0.1) is 0 Å². The molecule has 1 aromatic carbocycles. The lowest BCUT2D eigenvalue weighted by atomic mass is 9.89. The van der Waals surface area contributed by atoms with E-state index < -0.39 is 6.10 Å². The molecule has 0 radical (unpaired) electrons. The third kappa shape index (κ3) is 3.43. The van der Waals surface area contributed by atoms with Gasteiger partial charge in [-0.1, -0.05) is 18.2 Å². The number of amides is 1. The topological polar surface area (TPSA) is 84.1 Å². The summed E-state index contributed by atoms with van der Waals surface area (Å²) in [6, 6.07) is 13.1. The molecule has 3 heterocycles. The summed E-state index contributed by atoms with van der Waals surface area (Å²) >= 11 is 0. The van der Waals surface area contributed by atoms with Crippen molar-refractivity contribution in [3.8, 4) is 0 Å². The molecule has 1 amide bonds. The molecule has 4 rings (SSSR count). The number of hydrogen-bond acceptors (Lipinski definition) is 5. The highest BCUT2D eigenvalue weighted by Gasteiger charge is 2.29. The summed E-state index contributed by atoms with van der Waals surface area (Å²) in [5, 5.41) is 19.2. The highest BCUT2D eigenvalue weighted by Crippen LogP contribution is 2.29. The first-order valence-electron chi connectivity index (χ1n) is 8.87. The fraction of sp³-hybridized carbons (Fsp3) is 0.368. The van der Waals surface area contributed by atoms with Gasteiger partial charge in [0.05, 0.1) is 11.8 Å². The minimum absolute atomic E-state index is 0.0103. The summed E-state index contributed by atoms with van der Waals surface area (Å²) in [6.45, 7) is 1.41. The Morgan fingerprint density at radius 1 is 1.08 bits per heavy atom. The maximum atomic E-state index is 12.5. The standard InChI is InChI=1S/C19H21N5O2/c25-18(13-24-21-15-5-1-2-6-16(15)22-24)23-11-8-14(9-12-23)19(26)17-7-3-4-10-20-17/h1-7,10,14,19,26H,8-9,11-13H2. The fourth-order valence-electron chi connectivity index (χ4n) is 3.45. The number of aliphatic hydroxyl groups excluding tert-OH is 1. The molecule has 1 saturated heterocycles. The van der Waals surface area contributed by atoms with Crippen LogP contribution in [-0.4, -0.2) is 49.0 Å². The van der Waals surface area contributed by atoms with Gasteiger partial charge in [-0.25, -0.2) is 0 Å². The van der Waals surface area contributed by atoms with Crippen molar-refractivity contribution in [3.05, 3.63) is 54.4 Å². The Morgan fingerprint density at radius 2 is 1.73 bits per heavy atom. The molecule has 1 unspecified atom stereocenters. The first-order valence-corrected chi connectivity index (χ1v) is 8.87. The van der Waals surface area contributed by atoms with Crippen molar-refractivity contribution < 1.29 is 9.90 Å². The molecular weight excluding hydrogens is 330 g/mol. The van der Waals surface area contributed by atoms with Crippen molar-refractivity contribution in [1.29, 1.82) is 0 Å². The Labute approximate surface area is 151 Å². The Balaban J connectivity index is 1.34. The second-order valence-corrected chi connectivity index (χ2v) is 6.64. The van der Waals surface area contributed by atoms with Gasteiger partial charge in [-0.05, 0) is 43.0 Å². The number of rotatable bonds is 4. The Morgan fingerprint density at radius 3 is 2.35 bits per heavy atom. The number of pyridine rings is 1. The molecule has 3 aromatic rings. The minimum atomic E-state index is -0.577. The maximum absolute atomic E-state index is 12.5. The van der Waals surface area contributed by atoms with Crippen LogP contribution in [0.2, 0.25) is 0 Å². The van der Waals surface area contributed by atoms with E-state index in [9.17, 15) is 9.90 Å². The van der Waals surface area contributed by atoms with E-state index in [-0.39, 0.29) is 18.4 Å². The number of likely N-dealkylation sites (tertiary alicyclic amines) is 1. The van der Waals surface area contributed by atoms with Crippen LogP contribution in [-0.2, 0) is 11.3 Å². The van der Waals surface area contributed by atoms with E-state index in [2.05, 4.69) is 15.2 Å². The number of hydrogen-bond donors (Lipinski definition) is 1. The third-order valence-electron chi connectivity index (χ3n) is 4.93. The van der Waals surface area contributed by atoms with E-state index in [1.165, 1.54) is 4.80 Å². The average Bonchev–Trinajstić information content (AvgIpc) is 3.10. The summed E-state index contributed by atoms with van der Waals surface area (Å²) in [6.07, 6.45) is 2.64. The van der Waals surface area contributed by atoms with Gasteiger partial charge in [0, 0.05) is 19.3 Å². The Kier molecular flexibility index (Phi) is 4.62. The summed E-state index contributed by atoms with van der Waals surface area (Å²) < 4.78 is 0. The van der Waals surface area contributed by atoms with Gasteiger partial charge < -0.3 is 10.0 Å². The van der Waals surface area contributed by atoms with Crippen molar-refractivity contribution in [1.82, 2.24) is 24.9 Å². The smallest absolute Gasteiger partial charge is 0.246 e. The van der Waals surface area contributed by atoms with Crippen LogP contribution in [0.1, 0.15) is 24.6 Å². The third-order valence-corrected chi connectivity index (χ3v) is 4.93. The maximum Gasteiger partial charge on any atom is 0.246 e. The van der Waals surface area contributed by atoms with E-state index >= 15 is 0 Å². The summed E-state index contributed by atoms with van der Waals surface area (Å²) in [4.78, 5) is 20.1. The van der Waals surface area contributed by atoms with Crippen LogP contribution in [0.3, 0.4) is 0 Å². The van der Waals surface area contributed by atoms with Crippen LogP contribution in [0.4, 0.5) is 0 Å². The van der Waals surface area contributed by atoms with E-state index in [0.29, 0.717) is 18.8 Å². The number of aromatic nitrogens is 4. The molecule has 0 saturated carbocycles. The molecule has 0 bridgehead atoms. The van der Waals surface area contributed by atoms with Gasteiger partial charge >= 0.3 is 0 Å². The Hall–Kier alpha value is -2.80. The molecule has 2 aromatic heterocycles. The first-order chi connectivity index (χ1) is 12.7. The molecule has 1 aliphatic rings. The van der Waals surface area contributed by atoms with Crippen molar-refractivity contribution >= 4 is 16.9 Å². The highest BCUT2D eigenvalue weighted by atomic mass is 16.3. The van der Waals surface area contributed by atoms with Crippen molar-refractivity contribution in [2.75, 3.05) is 13.1 Å². The normalized spacial score (nSPS) is 16.7. The van der Waals surface area contributed by atoms with Gasteiger partial charge in [-0.2, -0.15) is 15.0 Å². The fourth-order valence-corrected chi connectivity index (χ4v) is 3.45. The van der Waals surface area contributed by atoms with Crippen LogP contribution in [0.5, 0.6) is 0 Å². The van der Waals surface area contributed by atoms with E-state index in [1.807, 2.05) is 47.4 Å². The Bertz CT molecular complexity index is 854. The second-order valence-electron chi connectivity index (χ2n) is 6.64. The monoisotopic (exact) mass is 351 g/mol. The summed E-state index contributed by atoms with van der Waals surface area (Å²) in [7, 11) is 0. The number of aliphatic hydroxyl groups is 1. The van der Waals surface area contributed by atoms with Crippen molar-refractivity contribution in [3.63, 3.8) is 0 Å². The lowest BCUT2D eigenvalue weighted by Gasteiger charge is -2.34. The number of nitrogens with zero attached hydrogens (tertiary/aromatic N) is 5. The number of carbonyl (C=O) groups is 1. The molecule has 7 heteroatoms. The first kappa shape index (κ1) is 16.7. The van der Waals surface area contributed by atoms with E-state index in [1.54, 1.807) is 6.20 Å². The molecule has 7 nitrogen and oxygen atoms in total. The molecule has 0 aliphatic carbocycles. The molecule has 1 aliphatic heterocycles. The second kappa shape index (κ2) is 7.21. The quantitative estimate of drug-likeness (QED) is 0.775. The number of carbonyl (C=O) groups excluding carboxylic acids is 1. The van der Waals surface area contributed by atoms with Crippen LogP contribution in [0.15, 0.2) is 48.7 Å². The summed E-state index contributed by atoms with van der Waals surface area (Å²) in [5.74, 6) is 0.135. The van der Waals surface area contributed by atoms with Crippen molar-refractivity contribution in [2.24, 2.45) is 5.92 Å². The molecule has 1 N–H and O–H groups in total. The summed E-state index contributed by atoms with van der Waals surface area (Å²) in [5.41, 5.74) is 2.28. The van der Waals surface area contributed by atoms with Crippen molar-refractivity contribution in [2.45, 2.75) is 25.5 Å². The van der Waals surface area contributed by atoms with Crippen LogP contribution in [0, 0.1) is 5.92 Å². The lowest BCUT2D eigenvalue weighted by molar-refractivity contribution is -0.134. The molecule has 1 atom stereocenters. The van der Waals surface area contributed by atoms with Crippen LogP contribution >= 0.6 is 0 Å². The number of piperidine rings is 1. The van der Waals surface area contributed by atoms with Crippen LogP contribution < -0.4 is 0 Å².